The third-order valence-corrected chi connectivity index (χ3v) is 4.84. The molecule has 96 valence electrons. The summed E-state index contributed by atoms with van der Waals surface area (Å²) in [5, 5.41) is 0.855. The van der Waals surface area contributed by atoms with Crippen molar-refractivity contribution in [3.8, 4) is 0 Å². The van der Waals surface area contributed by atoms with Crippen LogP contribution in [0.15, 0.2) is 28.2 Å². The van der Waals surface area contributed by atoms with Crippen LogP contribution in [0.3, 0.4) is 0 Å². The Morgan fingerprint density at radius 3 is 2.78 bits per heavy atom. The monoisotopic (exact) mass is 388 g/mol. The van der Waals surface area contributed by atoms with Gasteiger partial charge in [0.1, 0.15) is 0 Å². The number of nitrogens with zero attached hydrogens (tertiary/aromatic N) is 2. The second-order valence-electron chi connectivity index (χ2n) is 4.12. The molecule has 0 unspecified atom stereocenters. The molecule has 0 aliphatic heterocycles. The highest BCUT2D eigenvalue weighted by Gasteiger charge is 2.10. The van der Waals surface area contributed by atoms with Gasteiger partial charge in [-0.1, -0.05) is 31.9 Å². The fourth-order valence-corrected chi connectivity index (χ4v) is 3.50. The number of rotatable bonds is 4. The predicted octanol–water partition coefficient (Wildman–Crippen LogP) is 4.75. The zero-order chi connectivity index (χ0) is 13.1. The maximum absolute atomic E-state index is 4.30. The van der Waals surface area contributed by atoms with E-state index < -0.39 is 0 Å². The predicted molar refractivity (Wildman–Crippen MR) is 85.7 cm³/mol. The number of aryl methyl sites for hydroxylation is 1. The van der Waals surface area contributed by atoms with Crippen molar-refractivity contribution in [1.29, 1.82) is 0 Å². The van der Waals surface area contributed by atoms with Crippen molar-refractivity contribution in [2.75, 3.05) is 11.9 Å². The summed E-state index contributed by atoms with van der Waals surface area (Å²) >= 11 is 8.77. The largest absolute Gasteiger partial charge is 0.369 e. The first-order valence-electron chi connectivity index (χ1n) is 5.56. The zero-order valence-electron chi connectivity index (χ0n) is 10.3. The first-order valence-corrected chi connectivity index (χ1v) is 8.35. The molecule has 2 rings (SSSR count). The minimum Gasteiger partial charge on any atom is -0.369 e. The fraction of sp³-hybridized carbons (Fsp3) is 0.308. The SMILES string of the molecule is Cc1ncsc1CN(C)c1ccc(Br)cc1CBr. The minimum atomic E-state index is 0.855. The van der Waals surface area contributed by atoms with Crippen LogP contribution in [0.5, 0.6) is 0 Å². The minimum absolute atomic E-state index is 0.855. The van der Waals surface area contributed by atoms with E-state index in [0.717, 1.165) is 22.0 Å². The van der Waals surface area contributed by atoms with E-state index in [1.54, 1.807) is 11.3 Å². The van der Waals surface area contributed by atoms with Gasteiger partial charge >= 0.3 is 0 Å². The number of halogens is 2. The molecule has 18 heavy (non-hydrogen) atoms. The van der Waals surface area contributed by atoms with E-state index in [2.05, 4.69) is 73.9 Å². The molecule has 0 aliphatic carbocycles. The Labute approximate surface area is 128 Å². The maximum Gasteiger partial charge on any atom is 0.0798 e. The standard InChI is InChI=1S/C13H14Br2N2S/c1-9-13(18-8-16-9)7-17(2)12-4-3-11(15)5-10(12)6-14/h3-5,8H,6-7H2,1-2H3. The van der Waals surface area contributed by atoms with Crippen LogP contribution >= 0.6 is 43.2 Å². The van der Waals surface area contributed by atoms with Crippen LogP contribution < -0.4 is 4.90 Å². The summed E-state index contributed by atoms with van der Waals surface area (Å²) in [5.41, 5.74) is 5.58. The molecule has 0 saturated heterocycles. The lowest BCUT2D eigenvalue weighted by atomic mass is 10.2. The molecule has 0 saturated carbocycles. The molecule has 1 aromatic heterocycles. The third kappa shape index (κ3) is 3.13. The second kappa shape index (κ2) is 6.17. The molecular weight excluding hydrogens is 376 g/mol. The van der Waals surface area contributed by atoms with E-state index in [1.165, 1.54) is 16.1 Å². The summed E-state index contributed by atoms with van der Waals surface area (Å²) in [5.74, 6) is 0. The van der Waals surface area contributed by atoms with Crippen molar-refractivity contribution >= 4 is 48.9 Å². The van der Waals surface area contributed by atoms with Crippen molar-refractivity contribution < 1.29 is 0 Å². The average molecular weight is 390 g/mol. The van der Waals surface area contributed by atoms with Crippen LogP contribution in [-0.2, 0) is 11.9 Å². The lowest BCUT2D eigenvalue weighted by Crippen LogP contribution is -2.17. The Morgan fingerprint density at radius 2 is 2.17 bits per heavy atom. The molecule has 0 atom stereocenters. The number of hydrogen-bond acceptors (Lipinski definition) is 3. The van der Waals surface area contributed by atoms with Crippen molar-refractivity contribution in [3.05, 3.63) is 44.3 Å². The van der Waals surface area contributed by atoms with E-state index in [9.17, 15) is 0 Å². The van der Waals surface area contributed by atoms with E-state index in [-0.39, 0.29) is 0 Å². The number of aromatic nitrogens is 1. The average Bonchev–Trinajstić information content (AvgIpc) is 2.74. The number of anilines is 1. The summed E-state index contributed by atoms with van der Waals surface area (Å²) in [6.45, 7) is 2.96. The maximum atomic E-state index is 4.30. The summed E-state index contributed by atoms with van der Waals surface area (Å²) in [6.07, 6.45) is 0. The highest BCUT2D eigenvalue weighted by Crippen LogP contribution is 2.27. The second-order valence-corrected chi connectivity index (χ2v) is 6.54. The Morgan fingerprint density at radius 1 is 1.39 bits per heavy atom. The number of hydrogen-bond donors (Lipinski definition) is 0. The van der Waals surface area contributed by atoms with E-state index >= 15 is 0 Å². The van der Waals surface area contributed by atoms with Gasteiger partial charge in [-0.15, -0.1) is 11.3 Å². The highest BCUT2D eigenvalue weighted by atomic mass is 79.9. The molecule has 1 aromatic carbocycles. The lowest BCUT2D eigenvalue weighted by molar-refractivity contribution is 0.919. The summed E-state index contributed by atoms with van der Waals surface area (Å²) in [6, 6.07) is 6.38. The first-order chi connectivity index (χ1) is 8.61. The molecule has 0 N–H and O–H groups in total. The van der Waals surface area contributed by atoms with Crippen molar-refractivity contribution in [2.24, 2.45) is 0 Å². The molecular formula is C13H14Br2N2S. The topological polar surface area (TPSA) is 16.1 Å². The summed E-state index contributed by atoms with van der Waals surface area (Å²) in [7, 11) is 2.12. The van der Waals surface area contributed by atoms with Crippen molar-refractivity contribution in [1.82, 2.24) is 4.98 Å². The van der Waals surface area contributed by atoms with Gasteiger partial charge in [-0.25, -0.2) is 4.98 Å². The van der Waals surface area contributed by atoms with Gasteiger partial charge in [0.2, 0.25) is 0 Å². The lowest BCUT2D eigenvalue weighted by Gasteiger charge is -2.21. The van der Waals surface area contributed by atoms with Gasteiger partial charge in [0.05, 0.1) is 17.7 Å². The van der Waals surface area contributed by atoms with Gasteiger partial charge in [0, 0.05) is 27.4 Å². The smallest absolute Gasteiger partial charge is 0.0798 e. The van der Waals surface area contributed by atoms with Crippen LogP contribution in [0, 0.1) is 6.92 Å². The fourth-order valence-electron chi connectivity index (χ4n) is 1.81. The van der Waals surface area contributed by atoms with Crippen LogP contribution in [-0.4, -0.2) is 12.0 Å². The number of benzene rings is 1. The number of alkyl halides is 1. The Balaban J connectivity index is 2.23. The molecule has 0 fully saturated rings. The van der Waals surface area contributed by atoms with Crippen LogP contribution in [0.25, 0.3) is 0 Å². The van der Waals surface area contributed by atoms with Crippen molar-refractivity contribution in [2.45, 2.75) is 18.8 Å². The van der Waals surface area contributed by atoms with Gasteiger partial charge in [-0.05, 0) is 30.7 Å². The third-order valence-electron chi connectivity index (χ3n) is 2.82. The quantitative estimate of drug-likeness (QED) is 0.701. The Kier molecular flexibility index (Phi) is 4.81. The van der Waals surface area contributed by atoms with Crippen LogP contribution in [0.2, 0.25) is 0 Å². The molecule has 0 spiro atoms. The van der Waals surface area contributed by atoms with Crippen LogP contribution in [0.1, 0.15) is 16.1 Å². The molecule has 0 radical (unpaired) electrons. The Hall–Kier alpha value is -0.390. The van der Waals surface area contributed by atoms with E-state index in [4.69, 9.17) is 0 Å². The van der Waals surface area contributed by atoms with E-state index in [0.29, 0.717) is 0 Å². The summed E-state index contributed by atoms with van der Waals surface area (Å²) in [4.78, 5) is 7.88. The molecule has 0 aliphatic rings. The summed E-state index contributed by atoms with van der Waals surface area (Å²) < 4.78 is 1.11. The normalized spacial score (nSPS) is 10.7. The molecule has 0 amide bonds. The first kappa shape index (κ1) is 14.0. The van der Waals surface area contributed by atoms with E-state index in [1.807, 2.05) is 5.51 Å². The van der Waals surface area contributed by atoms with Crippen LogP contribution in [0.4, 0.5) is 5.69 Å². The molecule has 1 heterocycles. The molecule has 5 heteroatoms. The highest BCUT2D eigenvalue weighted by molar-refractivity contribution is 9.10. The Bertz CT molecular complexity index is 540. The number of thiazole rings is 1. The van der Waals surface area contributed by atoms with Gasteiger partial charge < -0.3 is 4.90 Å². The van der Waals surface area contributed by atoms with Gasteiger partial charge in [0.15, 0.2) is 0 Å². The van der Waals surface area contributed by atoms with Gasteiger partial charge in [0.25, 0.3) is 0 Å². The van der Waals surface area contributed by atoms with Gasteiger partial charge in [-0.2, -0.15) is 0 Å². The van der Waals surface area contributed by atoms with Crippen molar-refractivity contribution in [3.63, 3.8) is 0 Å². The zero-order valence-corrected chi connectivity index (χ0v) is 14.3. The molecule has 2 aromatic rings. The molecule has 0 bridgehead atoms. The molecule has 2 nitrogen and oxygen atoms in total. The van der Waals surface area contributed by atoms with Gasteiger partial charge in [-0.3, -0.25) is 0 Å².